The molecule has 0 aromatic carbocycles. The van der Waals surface area contributed by atoms with Crippen molar-refractivity contribution in [2.75, 3.05) is 6.54 Å². The fourth-order valence-electron chi connectivity index (χ4n) is 2.68. The molecule has 4 heterocycles. The lowest BCUT2D eigenvalue weighted by Gasteiger charge is -2.21. The predicted octanol–water partition coefficient (Wildman–Crippen LogP) is 5.01. The molecule has 4 nitrogen and oxygen atoms in total. The van der Waals surface area contributed by atoms with Crippen LogP contribution in [0.5, 0.6) is 0 Å². The molecule has 0 aliphatic carbocycles. The molecule has 1 aliphatic rings. The van der Waals surface area contributed by atoms with Gasteiger partial charge in [-0.25, -0.2) is 0 Å². The number of dihydropyridines is 1. The Balaban J connectivity index is 0.000000353. The second-order valence-corrected chi connectivity index (χ2v) is 5.46. The predicted molar refractivity (Wildman–Crippen MR) is 121 cm³/mol. The first-order valence-corrected chi connectivity index (χ1v) is 9.53. The summed E-state index contributed by atoms with van der Waals surface area (Å²) in [5, 5.41) is 3.19. The molecule has 3 aromatic rings. The molecule has 3 aromatic heterocycles. The summed E-state index contributed by atoms with van der Waals surface area (Å²) >= 11 is 0. The van der Waals surface area contributed by atoms with Gasteiger partial charge in [-0.2, -0.15) is 0 Å². The summed E-state index contributed by atoms with van der Waals surface area (Å²) in [6.45, 7) is 4.87. The maximum absolute atomic E-state index is 4.10. The highest BCUT2D eigenvalue weighted by atomic mass is 14.8. The van der Waals surface area contributed by atoms with Gasteiger partial charge in [0.25, 0.3) is 0 Å². The van der Waals surface area contributed by atoms with Crippen molar-refractivity contribution in [2.24, 2.45) is 0 Å². The van der Waals surface area contributed by atoms with Gasteiger partial charge in [-0.15, -0.1) is 12.8 Å². The van der Waals surface area contributed by atoms with E-state index in [1.54, 1.807) is 12.4 Å². The largest absolute Gasteiger partial charge is 0.387 e. The van der Waals surface area contributed by atoms with Crippen LogP contribution < -0.4 is 5.32 Å². The van der Waals surface area contributed by atoms with Gasteiger partial charge in [0, 0.05) is 49.6 Å². The first kappa shape index (κ1) is 23.3. The van der Waals surface area contributed by atoms with E-state index in [0.29, 0.717) is 0 Å². The molecule has 0 bridgehead atoms. The number of hydrogen-bond donors (Lipinski definition) is 1. The van der Waals surface area contributed by atoms with Crippen LogP contribution in [0.25, 0.3) is 0 Å². The molecule has 4 heteroatoms. The second kappa shape index (κ2) is 15.4. The molecular formula is C25H28N4. The summed E-state index contributed by atoms with van der Waals surface area (Å²) in [6.07, 6.45) is 25.2. The molecule has 1 aliphatic heterocycles. The third-order valence-corrected chi connectivity index (χ3v) is 3.83. The van der Waals surface area contributed by atoms with E-state index < -0.39 is 0 Å². The summed E-state index contributed by atoms with van der Waals surface area (Å²) in [4.78, 5) is 12.0. The molecule has 0 radical (unpaired) electrons. The molecule has 0 fully saturated rings. The van der Waals surface area contributed by atoms with Crippen molar-refractivity contribution in [1.82, 2.24) is 20.3 Å². The fraction of sp³-hybridized carbons (Fsp3) is 0.160. The van der Waals surface area contributed by atoms with E-state index in [-0.39, 0.29) is 5.92 Å². The zero-order valence-electron chi connectivity index (χ0n) is 17.0. The van der Waals surface area contributed by atoms with Crippen LogP contribution in [-0.4, -0.2) is 21.5 Å². The Kier molecular flexibility index (Phi) is 12.4. The molecular weight excluding hydrogens is 356 g/mol. The Morgan fingerprint density at radius 1 is 0.759 bits per heavy atom. The number of allylic oxidation sites excluding steroid dienone is 2. The molecule has 148 valence electrons. The molecule has 0 amide bonds. The van der Waals surface area contributed by atoms with Crippen molar-refractivity contribution < 1.29 is 0 Å². The minimum Gasteiger partial charge on any atom is -0.387 e. The molecule has 4 rings (SSSR count). The SMILES string of the molecule is C#C.C1=CC(C(c2ccncc2)c2ccncc2)=CCN1.CC.c1ccncc1. The van der Waals surface area contributed by atoms with Gasteiger partial charge in [-0.3, -0.25) is 15.0 Å². The van der Waals surface area contributed by atoms with Gasteiger partial charge in [0.1, 0.15) is 0 Å². The number of nitrogens with one attached hydrogen (secondary N) is 1. The topological polar surface area (TPSA) is 50.7 Å². The third kappa shape index (κ3) is 8.23. The minimum absolute atomic E-state index is 0.240. The zero-order valence-corrected chi connectivity index (χ0v) is 17.0. The fourth-order valence-corrected chi connectivity index (χ4v) is 2.68. The van der Waals surface area contributed by atoms with Crippen molar-refractivity contribution in [1.29, 1.82) is 0 Å². The Hall–Kier alpha value is -3.71. The first-order valence-electron chi connectivity index (χ1n) is 9.53. The van der Waals surface area contributed by atoms with E-state index in [9.17, 15) is 0 Å². The first-order chi connectivity index (χ1) is 14.4. The van der Waals surface area contributed by atoms with Gasteiger partial charge in [0.05, 0.1) is 0 Å². The highest BCUT2D eigenvalue weighted by Gasteiger charge is 2.18. The summed E-state index contributed by atoms with van der Waals surface area (Å²) in [7, 11) is 0. The van der Waals surface area contributed by atoms with E-state index in [1.807, 2.05) is 63.0 Å². The van der Waals surface area contributed by atoms with Crippen molar-refractivity contribution in [3.05, 3.63) is 115 Å². The van der Waals surface area contributed by atoms with Gasteiger partial charge in [-0.05, 0) is 65.4 Å². The number of hydrogen-bond acceptors (Lipinski definition) is 4. The van der Waals surface area contributed by atoms with Crippen LogP contribution in [0.3, 0.4) is 0 Å². The highest BCUT2D eigenvalue weighted by Crippen LogP contribution is 2.32. The van der Waals surface area contributed by atoms with Crippen molar-refractivity contribution >= 4 is 0 Å². The number of rotatable bonds is 3. The molecule has 0 saturated carbocycles. The van der Waals surface area contributed by atoms with E-state index in [1.165, 1.54) is 16.7 Å². The monoisotopic (exact) mass is 384 g/mol. The lowest BCUT2D eigenvalue weighted by molar-refractivity contribution is 0.895. The van der Waals surface area contributed by atoms with Crippen LogP contribution in [0.15, 0.2) is 104 Å². The van der Waals surface area contributed by atoms with Crippen LogP contribution in [0, 0.1) is 12.8 Å². The summed E-state index contributed by atoms with van der Waals surface area (Å²) in [5.74, 6) is 0.240. The molecule has 0 saturated heterocycles. The van der Waals surface area contributed by atoms with Crippen LogP contribution in [0.2, 0.25) is 0 Å². The number of terminal acetylenes is 1. The Morgan fingerprint density at radius 3 is 1.59 bits per heavy atom. The standard InChI is InChI=1S/C16H15N3.C5H5N.C2H6.C2H2/c1-7-17-8-2-13(1)16(14-3-9-18-10-4-14)15-5-11-19-12-6-15;1-2-4-6-5-3-1;2*1-2/h1-11,16,19H,12H2;1-5H;1-2H3;1-2H. The lowest BCUT2D eigenvalue weighted by atomic mass is 9.85. The maximum atomic E-state index is 4.10. The van der Waals surface area contributed by atoms with Gasteiger partial charge in [0.2, 0.25) is 0 Å². The molecule has 0 atom stereocenters. The molecule has 29 heavy (non-hydrogen) atoms. The smallest absolute Gasteiger partial charge is 0.0340 e. The van der Waals surface area contributed by atoms with Crippen molar-refractivity contribution in [3.63, 3.8) is 0 Å². The average Bonchev–Trinajstić information content (AvgIpc) is 2.85. The van der Waals surface area contributed by atoms with Crippen LogP contribution in [-0.2, 0) is 0 Å². The van der Waals surface area contributed by atoms with Crippen molar-refractivity contribution in [3.8, 4) is 12.8 Å². The van der Waals surface area contributed by atoms with Crippen LogP contribution >= 0.6 is 0 Å². The Labute approximate surface area is 174 Å². The molecule has 1 N–H and O–H groups in total. The normalized spacial score (nSPS) is 11.1. The van der Waals surface area contributed by atoms with Crippen LogP contribution in [0.1, 0.15) is 30.9 Å². The third-order valence-electron chi connectivity index (χ3n) is 3.83. The lowest BCUT2D eigenvalue weighted by Crippen LogP contribution is -2.13. The summed E-state index contributed by atoms with van der Waals surface area (Å²) in [6, 6.07) is 14.0. The van der Waals surface area contributed by atoms with Gasteiger partial charge < -0.3 is 5.32 Å². The average molecular weight is 385 g/mol. The summed E-state index contributed by atoms with van der Waals surface area (Å²) < 4.78 is 0. The molecule has 0 spiro atoms. The molecule has 0 unspecified atom stereocenters. The summed E-state index contributed by atoms with van der Waals surface area (Å²) in [5.41, 5.74) is 3.80. The Morgan fingerprint density at radius 2 is 1.24 bits per heavy atom. The number of aromatic nitrogens is 3. The zero-order chi connectivity index (χ0) is 21.2. The Bertz CT molecular complexity index is 775. The van der Waals surface area contributed by atoms with E-state index in [4.69, 9.17) is 0 Å². The highest BCUT2D eigenvalue weighted by molar-refractivity contribution is 5.44. The maximum Gasteiger partial charge on any atom is 0.0340 e. The van der Waals surface area contributed by atoms with Gasteiger partial charge in [-0.1, -0.05) is 26.0 Å². The number of nitrogens with zero attached hydrogens (tertiary/aromatic N) is 3. The quantitative estimate of drug-likeness (QED) is 0.645. The van der Waals surface area contributed by atoms with E-state index in [0.717, 1.165) is 6.54 Å². The second-order valence-electron chi connectivity index (χ2n) is 5.46. The van der Waals surface area contributed by atoms with Gasteiger partial charge >= 0.3 is 0 Å². The van der Waals surface area contributed by atoms with Crippen LogP contribution in [0.4, 0.5) is 0 Å². The minimum atomic E-state index is 0.240. The van der Waals surface area contributed by atoms with E-state index >= 15 is 0 Å². The van der Waals surface area contributed by atoms with E-state index in [2.05, 4.69) is 69.5 Å². The number of pyridine rings is 3. The van der Waals surface area contributed by atoms with Crippen molar-refractivity contribution in [2.45, 2.75) is 19.8 Å². The van der Waals surface area contributed by atoms with Gasteiger partial charge in [0.15, 0.2) is 0 Å².